The standard InChI is InChI=1S/C29H23BrN2O6/c1-17-23(26(33)36-15-18-8-4-2-5-9-18)29(28(35)38-17)21-14-20(30)12-13-22(21)32-25(31)24(29)27(34)37-16-19-10-6-3-7-11-19/h2-14,32H,15-16,31H2,1H3/t29-/m0/s1. The second-order valence-electron chi connectivity index (χ2n) is 8.80. The number of hydrogen-bond donors (Lipinski definition) is 2. The SMILES string of the molecule is CC1=C(C(=O)OCc2ccccc2)[C@]2(C(=O)O1)C(C(=O)OCc1ccccc1)=C(N)Nc1ccc(Br)cc12. The molecule has 3 aromatic rings. The van der Waals surface area contributed by atoms with Gasteiger partial charge in [0.2, 0.25) is 0 Å². The van der Waals surface area contributed by atoms with E-state index < -0.39 is 23.3 Å². The van der Waals surface area contributed by atoms with Gasteiger partial charge in [-0.1, -0.05) is 76.6 Å². The summed E-state index contributed by atoms with van der Waals surface area (Å²) < 4.78 is 17.4. The zero-order valence-corrected chi connectivity index (χ0v) is 21.9. The Kier molecular flexibility index (Phi) is 6.77. The van der Waals surface area contributed by atoms with Gasteiger partial charge in [-0.3, -0.25) is 0 Å². The highest BCUT2D eigenvalue weighted by molar-refractivity contribution is 9.10. The molecule has 0 radical (unpaired) electrons. The van der Waals surface area contributed by atoms with E-state index in [1.54, 1.807) is 30.3 Å². The van der Waals surface area contributed by atoms with Gasteiger partial charge in [0.1, 0.15) is 35.9 Å². The van der Waals surface area contributed by atoms with Gasteiger partial charge in [0.15, 0.2) is 5.41 Å². The van der Waals surface area contributed by atoms with E-state index in [0.717, 1.165) is 11.1 Å². The van der Waals surface area contributed by atoms with Crippen molar-refractivity contribution in [2.24, 2.45) is 5.73 Å². The molecule has 0 bridgehead atoms. The van der Waals surface area contributed by atoms with Crippen LogP contribution in [-0.2, 0) is 47.2 Å². The molecule has 2 heterocycles. The van der Waals surface area contributed by atoms with Crippen LogP contribution >= 0.6 is 15.9 Å². The molecule has 2 aliphatic heterocycles. The lowest BCUT2D eigenvalue weighted by atomic mass is 9.67. The number of rotatable bonds is 6. The molecular formula is C29H23BrN2O6. The average Bonchev–Trinajstić information content (AvgIpc) is 3.17. The van der Waals surface area contributed by atoms with Crippen molar-refractivity contribution in [3.05, 3.63) is 123 Å². The molecule has 192 valence electrons. The molecule has 8 nitrogen and oxygen atoms in total. The highest BCUT2D eigenvalue weighted by Gasteiger charge is 2.63. The van der Waals surface area contributed by atoms with Crippen molar-refractivity contribution in [3.8, 4) is 0 Å². The number of nitrogens with one attached hydrogen (secondary N) is 1. The van der Waals surface area contributed by atoms with Crippen LogP contribution in [0.1, 0.15) is 23.6 Å². The molecule has 0 fully saturated rings. The van der Waals surface area contributed by atoms with Crippen molar-refractivity contribution in [3.63, 3.8) is 0 Å². The van der Waals surface area contributed by atoms with Gasteiger partial charge in [-0.15, -0.1) is 0 Å². The molecule has 0 saturated carbocycles. The number of benzene rings is 3. The second-order valence-corrected chi connectivity index (χ2v) is 9.71. The number of anilines is 1. The molecule has 2 aliphatic rings. The Hall–Kier alpha value is -4.37. The molecule has 0 unspecified atom stereocenters. The third kappa shape index (κ3) is 4.35. The Morgan fingerprint density at radius 2 is 1.45 bits per heavy atom. The first-order chi connectivity index (χ1) is 18.3. The Morgan fingerprint density at radius 3 is 2.03 bits per heavy atom. The van der Waals surface area contributed by atoms with Crippen molar-refractivity contribution < 1.29 is 28.6 Å². The average molecular weight is 575 g/mol. The van der Waals surface area contributed by atoms with Crippen LogP contribution in [-0.4, -0.2) is 17.9 Å². The van der Waals surface area contributed by atoms with Gasteiger partial charge >= 0.3 is 17.9 Å². The van der Waals surface area contributed by atoms with Crippen molar-refractivity contribution in [1.29, 1.82) is 0 Å². The molecule has 38 heavy (non-hydrogen) atoms. The van der Waals surface area contributed by atoms with Crippen molar-refractivity contribution in [2.45, 2.75) is 25.6 Å². The molecule has 0 aliphatic carbocycles. The Labute approximate surface area is 227 Å². The largest absolute Gasteiger partial charge is 0.457 e. The van der Waals surface area contributed by atoms with Crippen LogP contribution in [0.25, 0.3) is 0 Å². The van der Waals surface area contributed by atoms with E-state index in [9.17, 15) is 14.4 Å². The molecule has 0 aromatic heterocycles. The number of cyclic esters (lactones) is 1. The number of esters is 3. The number of allylic oxidation sites excluding steroid dienone is 1. The molecule has 9 heteroatoms. The van der Waals surface area contributed by atoms with E-state index in [2.05, 4.69) is 21.2 Å². The monoisotopic (exact) mass is 574 g/mol. The number of nitrogens with two attached hydrogens (primary N) is 1. The third-order valence-corrected chi connectivity index (χ3v) is 6.91. The fraction of sp³-hybridized carbons (Fsp3) is 0.138. The van der Waals surface area contributed by atoms with Gasteiger partial charge in [-0.25, -0.2) is 14.4 Å². The Morgan fingerprint density at radius 1 is 0.895 bits per heavy atom. The van der Waals surface area contributed by atoms with E-state index in [0.29, 0.717) is 15.7 Å². The van der Waals surface area contributed by atoms with Crippen molar-refractivity contribution in [1.82, 2.24) is 0 Å². The maximum Gasteiger partial charge on any atom is 0.339 e. The lowest BCUT2D eigenvalue weighted by molar-refractivity contribution is -0.148. The summed E-state index contributed by atoms with van der Waals surface area (Å²) in [4.78, 5) is 41.0. The molecule has 1 atom stereocenters. The summed E-state index contributed by atoms with van der Waals surface area (Å²) in [5.74, 6) is -2.65. The summed E-state index contributed by atoms with van der Waals surface area (Å²) in [5.41, 5.74) is 6.23. The molecule has 1 spiro atoms. The first-order valence-electron chi connectivity index (χ1n) is 11.8. The van der Waals surface area contributed by atoms with E-state index in [1.807, 2.05) is 48.5 Å². The zero-order valence-electron chi connectivity index (χ0n) is 20.3. The van der Waals surface area contributed by atoms with Gasteiger partial charge < -0.3 is 25.3 Å². The van der Waals surface area contributed by atoms with Crippen LogP contribution in [0, 0.1) is 0 Å². The van der Waals surface area contributed by atoms with Gasteiger partial charge in [0.05, 0.1) is 0 Å². The quantitative estimate of drug-likeness (QED) is 0.324. The highest BCUT2D eigenvalue weighted by atomic mass is 79.9. The smallest absolute Gasteiger partial charge is 0.339 e. The number of carbonyl (C=O) groups is 3. The predicted molar refractivity (Wildman–Crippen MR) is 142 cm³/mol. The van der Waals surface area contributed by atoms with Crippen molar-refractivity contribution >= 4 is 39.5 Å². The van der Waals surface area contributed by atoms with E-state index in [1.165, 1.54) is 6.92 Å². The van der Waals surface area contributed by atoms with Crippen LogP contribution in [0.4, 0.5) is 5.69 Å². The fourth-order valence-electron chi connectivity index (χ4n) is 4.73. The van der Waals surface area contributed by atoms with Crippen LogP contribution in [0.2, 0.25) is 0 Å². The maximum atomic E-state index is 13.7. The molecular weight excluding hydrogens is 552 g/mol. The predicted octanol–water partition coefficient (Wildman–Crippen LogP) is 4.60. The summed E-state index contributed by atoms with van der Waals surface area (Å²) in [7, 11) is 0. The number of hydrogen-bond acceptors (Lipinski definition) is 8. The number of halogens is 1. The van der Waals surface area contributed by atoms with Crippen LogP contribution in [0.3, 0.4) is 0 Å². The summed E-state index contributed by atoms with van der Waals surface area (Å²) in [5, 5.41) is 2.97. The Bertz CT molecular complexity index is 1500. The van der Waals surface area contributed by atoms with Gasteiger partial charge in [-0.2, -0.15) is 0 Å². The summed E-state index contributed by atoms with van der Waals surface area (Å²) in [6, 6.07) is 23.3. The van der Waals surface area contributed by atoms with Gasteiger partial charge in [-0.05, 0) is 36.2 Å². The molecule has 0 amide bonds. The second kappa shape index (κ2) is 10.2. The van der Waals surface area contributed by atoms with E-state index in [4.69, 9.17) is 19.9 Å². The molecule has 0 saturated heterocycles. The summed E-state index contributed by atoms with van der Waals surface area (Å²) in [6.07, 6.45) is 0. The minimum atomic E-state index is -2.00. The minimum absolute atomic E-state index is 0.0158. The molecule has 3 N–H and O–H groups in total. The van der Waals surface area contributed by atoms with Crippen molar-refractivity contribution in [2.75, 3.05) is 5.32 Å². The first-order valence-corrected chi connectivity index (χ1v) is 12.5. The summed E-state index contributed by atoms with van der Waals surface area (Å²) in [6.45, 7) is 1.37. The van der Waals surface area contributed by atoms with Gasteiger partial charge in [0, 0.05) is 15.7 Å². The zero-order chi connectivity index (χ0) is 26.9. The highest BCUT2D eigenvalue weighted by Crippen LogP contribution is 2.53. The topological polar surface area (TPSA) is 117 Å². The lowest BCUT2D eigenvalue weighted by Gasteiger charge is -2.36. The lowest BCUT2D eigenvalue weighted by Crippen LogP contribution is -2.47. The number of ether oxygens (including phenoxy) is 3. The maximum absolute atomic E-state index is 13.7. The Balaban J connectivity index is 1.60. The van der Waals surface area contributed by atoms with Gasteiger partial charge in [0.25, 0.3) is 0 Å². The fourth-order valence-corrected chi connectivity index (χ4v) is 5.10. The summed E-state index contributed by atoms with van der Waals surface area (Å²) >= 11 is 3.43. The molecule has 5 rings (SSSR count). The number of carbonyl (C=O) groups excluding carboxylic acids is 3. The normalized spacial score (nSPS) is 18.1. The van der Waals surface area contributed by atoms with E-state index in [-0.39, 0.29) is 35.9 Å². The van der Waals surface area contributed by atoms with Crippen LogP contribution in [0.15, 0.2) is 106 Å². The third-order valence-electron chi connectivity index (χ3n) is 6.41. The number of fused-ring (bicyclic) bond motifs is 2. The minimum Gasteiger partial charge on any atom is -0.457 e. The van der Waals surface area contributed by atoms with E-state index >= 15 is 0 Å². The molecule has 3 aromatic carbocycles. The van der Waals surface area contributed by atoms with Crippen LogP contribution in [0.5, 0.6) is 0 Å². The van der Waals surface area contributed by atoms with Crippen LogP contribution < -0.4 is 11.1 Å². The first kappa shape index (κ1) is 25.3.